The molecule has 2 rings (SSSR count). The predicted octanol–water partition coefficient (Wildman–Crippen LogP) is 1.47. The number of hydrogen-bond acceptors (Lipinski definition) is 4. The molecule has 0 aliphatic heterocycles. The molecule has 18 heavy (non-hydrogen) atoms. The van der Waals surface area contributed by atoms with Gasteiger partial charge in [-0.2, -0.15) is 0 Å². The van der Waals surface area contributed by atoms with Crippen molar-refractivity contribution in [2.45, 2.75) is 25.3 Å². The topological polar surface area (TPSA) is 84.6 Å². The van der Waals surface area contributed by atoms with Gasteiger partial charge < -0.3 is 20.9 Å². The monoisotopic (exact) mass is 250 g/mol. The maximum atomic E-state index is 11.8. The van der Waals surface area contributed by atoms with Crippen LogP contribution >= 0.6 is 0 Å². The molecule has 0 spiro atoms. The molecule has 0 heterocycles. The normalized spacial score (nSPS) is 16.1. The average Bonchev–Trinajstić information content (AvgIpc) is 3.15. The zero-order chi connectivity index (χ0) is 13.1. The Bertz CT molecular complexity index is 444. The number of nitrogens with one attached hydrogen (secondary N) is 1. The SMILES string of the molecule is COc1ccc(O)c(NC(=O)CC(N)C2CC2)c1. The zero-order valence-corrected chi connectivity index (χ0v) is 10.3. The van der Waals surface area contributed by atoms with Gasteiger partial charge in [0.15, 0.2) is 0 Å². The number of amides is 1. The summed E-state index contributed by atoms with van der Waals surface area (Å²) in [6.07, 6.45) is 2.50. The Morgan fingerprint density at radius 2 is 2.33 bits per heavy atom. The minimum atomic E-state index is -0.182. The zero-order valence-electron chi connectivity index (χ0n) is 10.3. The molecule has 0 bridgehead atoms. The van der Waals surface area contributed by atoms with Gasteiger partial charge in [0, 0.05) is 18.5 Å². The van der Waals surface area contributed by atoms with Crippen LogP contribution in [0.1, 0.15) is 19.3 Å². The Morgan fingerprint density at radius 3 is 2.94 bits per heavy atom. The summed E-state index contributed by atoms with van der Waals surface area (Å²) in [5.41, 5.74) is 6.23. The summed E-state index contributed by atoms with van der Waals surface area (Å²) in [7, 11) is 1.53. The molecule has 1 unspecified atom stereocenters. The molecule has 5 nitrogen and oxygen atoms in total. The number of hydrogen-bond donors (Lipinski definition) is 3. The molecule has 1 saturated carbocycles. The molecular weight excluding hydrogens is 232 g/mol. The standard InChI is InChI=1S/C13H18N2O3/c1-18-9-4-5-12(16)11(6-9)15-13(17)7-10(14)8-2-3-8/h4-6,8,10,16H,2-3,7,14H2,1H3,(H,15,17). The van der Waals surface area contributed by atoms with E-state index in [9.17, 15) is 9.90 Å². The summed E-state index contributed by atoms with van der Waals surface area (Å²) in [6, 6.07) is 4.60. The number of phenols is 1. The molecule has 0 radical (unpaired) electrons. The smallest absolute Gasteiger partial charge is 0.226 e. The fourth-order valence-corrected chi connectivity index (χ4v) is 1.85. The van der Waals surface area contributed by atoms with E-state index in [1.54, 1.807) is 12.1 Å². The van der Waals surface area contributed by atoms with Gasteiger partial charge in [-0.25, -0.2) is 0 Å². The summed E-state index contributed by atoms with van der Waals surface area (Å²) in [5.74, 6) is 0.895. The molecule has 0 saturated heterocycles. The van der Waals surface area contributed by atoms with E-state index < -0.39 is 0 Å². The van der Waals surface area contributed by atoms with Gasteiger partial charge in [-0.1, -0.05) is 0 Å². The third-order valence-corrected chi connectivity index (χ3v) is 3.13. The van der Waals surface area contributed by atoms with Crippen LogP contribution in [0, 0.1) is 5.92 Å². The van der Waals surface area contributed by atoms with E-state index in [0.717, 1.165) is 12.8 Å². The van der Waals surface area contributed by atoms with Crippen LogP contribution in [-0.2, 0) is 4.79 Å². The van der Waals surface area contributed by atoms with E-state index >= 15 is 0 Å². The molecule has 4 N–H and O–H groups in total. The van der Waals surface area contributed by atoms with Gasteiger partial charge in [-0.15, -0.1) is 0 Å². The van der Waals surface area contributed by atoms with Gasteiger partial charge in [-0.3, -0.25) is 4.79 Å². The van der Waals surface area contributed by atoms with Crippen molar-refractivity contribution in [3.8, 4) is 11.5 Å². The van der Waals surface area contributed by atoms with Crippen molar-refractivity contribution < 1.29 is 14.6 Å². The van der Waals surface area contributed by atoms with Crippen molar-refractivity contribution >= 4 is 11.6 Å². The molecule has 98 valence electrons. The molecule has 1 aromatic carbocycles. The molecule has 1 amide bonds. The average molecular weight is 250 g/mol. The van der Waals surface area contributed by atoms with Crippen molar-refractivity contribution in [3.05, 3.63) is 18.2 Å². The summed E-state index contributed by atoms with van der Waals surface area (Å²) in [5, 5.41) is 12.3. The number of methoxy groups -OCH3 is 1. The highest BCUT2D eigenvalue weighted by atomic mass is 16.5. The number of anilines is 1. The summed E-state index contributed by atoms with van der Waals surface area (Å²) in [6.45, 7) is 0. The molecule has 0 aromatic heterocycles. The third kappa shape index (κ3) is 3.13. The number of nitrogens with two attached hydrogens (primary N) is 1. The molecule has 1 atom stereocenters. The van der Waals surface area contributed by atoms with Crippen molar-refractivity contribution in [1.82, 2.24) is 0 Å². The van der Waals surface area contributed by atoms with Gasteiger partial charge in [0.1, 0.15) is 11.5 Å². The maximum Gasteiger partial charge on any atom is 0.226 e. The number of ether oxygens (including phenoxy) is 1. The lowest BCUT2D eigenvalue weighted by molar-refractivity contribution is -0.116. The summed E-state index contributed by atoms with van der Waals surface area (Å²) < 4.78 is 5.03. The van der Waals surface area contributed by atoms with Crippen LogP contribution in [0.5, 0.6) is 11.5 Å². The second-order valence-corrected chi connectivity index (χ2v) is 4.64. The number of carbonyl (C=O) groups is 1. The van der Waals surface area contributed by atoms with Crippen molar-refractivity contribution in [3.63, 3.8) is 0 Å². The lowest BCUT2D eigenvalue weighted by Crippen LogP contribution is -2.28. The van der Waals surface area contributed by atoms with E-state index in [4.69, 9.17) is 10.5 Å². The Kier molecular flexibility index (Phi) is 3.72. The number of carbonyl (C=O) groups excluding carboxylic acids is 1. The second kappa shape index (κ2) is 5.27. The van der Waals surface area contributed by atoms with E-state index in [-0.39, 0.29) is 24.1 Å². The van der Waals surface area contributed by atoms with Crippen LogP contribution in [0.2, 0.25) is 0 Å². The minimum Gasteiger partial charge on any atom is -0.506 e. The van der Waals surface area contributed by atoms with Gasteiger partial charge in [-0.05, 0) is 30.9 Å². The van der Waals surface area contributed by atoms with Crippen LogP contribution < -0.4 is 15.8 Å². The Balaban J connectivity index is 1.96. The van der Waals surface area contributed by atoms with Gasteiger partial charge in [0.25, 0.3) is 0 Å². The second-order valence-electron chi connectivity index (χ2n) is 4.64. The van der Waals surface area contributed by atoms with Crippen LogP contribution in [0.4, 0.5) is 5.69 Å². The van der Waals surface area contributed by atoms with Crippen molar-refractivity contribution in [2.75, 3.05) is 12.4 Å². The highest BCUT2D eigenvalue weighted by Gasteiger charge is 2.29. The van der Waals surface area contributed by atoms with Crippen molar-refractivity contribution in [2.24, 2.45) is 11.7 Å². The predicted molar refractivity (Wildman–Crippen MR) is 68.6 cm³/mol. The largest absolute Gasteiger partial charge is 0.506 e. The van der Waals surface area contributed by atoms with Gasteiger partial charge >= 0.3 is 0 Å². The highest BCUT2D eigenvalue weighted by molar-refractivity contribution is 5.92. The van der Waals surface area contributed by atoms with Crippen LogP contribution in [0.3, 0.4) is 0 Å². The molecule has 1 fully saturated rings. The van der Waals surface area contributed by atoms with E-state index in [1.807, 2.05) is 0 Å². The Morgan fingerprint density at radius 1 is 1.61 bits per heavy atom. The fourth-order valence-electron chi connectivity index (χ4n) is 1.85. The Hall–Kier alpha value is -1.75. The summed E-state index contributed by atoms with van der Waals surface area (Å²) in [4.78, 5) is 11.8. The van der Waals surface area contributed by atoms with Gasteiger partial charge in [0.2, 0.25) is 5.91 Å². The van der Waals surface area contributed by atoms with Gasteiger partial charge in [0.05, 0.1) is 12.8 Å². The molecule has 1 aliphatic carbocycles. The van der Waals surface area contributed by atoms with Crippen LogP contribution in [0.15, 0.2) is 18.2 Å². The quantitative estimate of drug-likeness (QED) is 0.691. The van der Waals surface area contributed by atoms with E-state index in [0.29, 0.717) is 17.4 Å². The van der Waals surface area contributed by atoms with E-state index in [1.165, 1.54) is 13.2 Å². The molecule has 1 aliphatic rings. The van der Waals surface area contributed by atoms with Crippen LogP contribution in [-0.4, -0.2) is 24.2 Å². The third-order valence-electron chi connectivity index (χ3n) is 3.13. The lowest BCUT2D eigenvalue weighted by Gasteiger charge is -2.12. The van der Waals surface area contributed by atoms with Crippen LogP contribution in [0.25, 0.3) is 0 Å². The first-order chi connectivity index (χ1) is 8.60. The Labute approximate surface area is 106 Å². The molecule has 1 aromatic rings. The minimum absolute atomic E-state index is 0.0177. The molecule has 5 heteroatoms. The number of benzene rings is 1. The summed E-state index contributed by atoms with van der Waals surface area (Å²) >= 11 is 0. The maximum absolute atomic E-state index is 11.8. The number of rotatable bonds is 5. The number of aromatic hydroxyl groups is 1. The highest BCUT2D eigenvalue weighted by Crippen LogP contribution is 2.33. The first-order valence-corrected chi connectivity index (χ1v) is 6.02. The van der Waals surface area contributed by atoms with Crippen molar-refractivity contribution in [1.29, 1.82) is 0 Å². The number of phenolic OH excluding ortho intramolecular Hbond substituents is 1. The lowest BCUT2D eigenvalue weighted by atomic mass is 10.1. The fraction of sp³-hybridized carbons (Fsp3) is 0.462. The molecular formula is C13H18N2O3. The van der Waals surface area contributed by atoms with E-state index in [2.05, 4.69) is 5.32 Å². The first-order valence-electron chi connectivity index (χ1n) is 6.02. The first kappa shape index (κ1) is 12.7.